The first kappa shape index (κ1) is 12.1. The topological polar surface area (TPSA) is 38.3 Å². The van der Waals surface area contributed by atoms with Crippen LogP contribution in [0.25, 0.3) is 0 Å². The molecule has 0 aromatic heterocycles. The number of morpholine rings is 1. The Bertz CT molecular complexity index is 267. The molecule has 0 aromatic rings. The van der Waals surface area contributed by atoms with Crippen LogP contribution in [0.2, 0.25) is 0 Å². The highest BCUT2D eigenvalue weighted by atomic mass is 16.5. The van der Waals surface area contributed by atoms with E-state index in [4.69, 9.17) is 4.74 Å². The van der Waals surface area contributed by atoms with Gasteiger partial charge in [-0.05, 0) is 25.2 Å². The van der Waals surface area contributed by atoms with Crippen molar-refractivity contribution < 1.29 is 9.53 Å². The lowest BCUT2D eigenvalue weighted by molar-refractivity contribution is -0.131. The smallest absolute Gasteiger partial charge is 0.138 e. The second-order valence-corrected chi connectivity index (χ2v) is 5.73. The molecule has 0 bridgehead atoms. The van der Waals surface area contributed by atoms with Gasteiger partial charge in [0.2, 0.25) is 0 Å². The van der Waals surface area contributed by atoms with E-state index in [2.05, 4.69) is 26.1 Å². The summed E-state index contributed by atoms with van der Waals surface area (Å²) in [6, 6.07) is 0.608. The fourth-order valence-electron chi connectivity index (χ4n) is 3.32. The largest absolute Gasteiger partial charge is 0.378 e. The fourth-order valence-corrected chi connectivity index (χ4v) is 3.32. The maximum atomic E-state index is 12.1. The van der Waals surface area contributed by atoms with E-state index in [0.717, 1.165) is 13.0 Å². The Kier molecular flexibility index (Phi) is 3.65. The zero-order valence-electron chi connectivity index (χ0n) is 10.5. The molecule has 2 aliphatic rings. The first-order chi connectivity index (χ1) is 7.58. The van der Waals surface area contributed by atoms with E-state index in [1.54, 1.807) is 0 Å². The van der Waals surface area contributed by atoms with Crippen molar-refractivity contribution in [1.29, 1.82) is 0 Å². The zero-order chi connectivity index (χ0) is 11.7. The van der Waals surface area contributed by atoms with Crippen molar-refractivity contribution in [2.45, 2.75) is 45.7 Å². The SMILES string of the molecule is CC1CC(=O)C(C2COCC(C)N2)C(C)C1. The summed E-state index contributed by atoms with van der Waals surface area (Å²) in [5, 5.41) is 3.52. The van der Waals surface area contributed by atoms with E-state index < -0.39 is 0 Å². The number of carbonyl (C=O) groups is 1. The van der Waals surface area contributed by atoms with Crippen LogP contribution in [0.1, 0.15) is 33.6 Å². The van der Waals surface area contributed by atoms with Crippen molar-refractivity contribution in [3.8, 4) is 0 Å². The van der Waals surface area contributed by atoms with E-state index in [0.29, 0.717) is 30.3 Å². The van der Waals surface area contributed by atoms with E-state index in [1.807, 2.05) is 0 Å². The predicted octanol–water partition coefficient (Wildman–Crippen LogP) is 1.61. The van der Waals surface area contributed by atoms with Crippen molar-refractivity contribution in [3.63, 3.8) is 0 Å². The van der Waals surface area contributed by atoms with Crippen molar-refractivity contribution in [1.82, 2.24) is 5.32 Å². The van der Waals surface area contributed by atoms with Crippen LogP contribution in [-0.2, 0) is 9.53 Å². The van der Waals surface area contributed by atoms with Crippen LogP contribution >= 0.6 is 0 Å². The number of nitrogens with one attached hydrogen (secondary N) is 1. The van der Waals surface area contributed by atoms with Crippen LogP contribution in [-0.4, -0.2) is 31.1 Å². The van der Waals surface area contributed by atoms with Crippen LogP contribution in [0, 0.1) is 17.8 Å². The molecule has 0 aromatic carbocycles. The van der Waals surface area contributed by atoms with Gasteiger partial charge in [-0.25, -0.2) is 0 Å². The summed E-state index contributed by atoms with van der Waals surface area (Å²) in [5.74, 6) is 1.64. The molecule has 0 radical (unpaired) electrons. The Balaban J connectivity index is 2.04. The quantitative estimate of drug-likeness (QED) is 0.737. The van der Waals surface area contributed by atoms with Crippen LogP contribution in [0.3, 0.4) is 0 Å². The average Bonchev–Trinajstić information content (AvgIpc) is 2.15. The molecule has 1 saturated carbocycles. The molecule has 3 heteroatoms. The first-order valence-electron chi connectivity index (χ1n) is 6.44. The molecule has 0 spiro atoms. The van der Waals surface area contributed by atoms with E-state index in [9.17, 15) is 4.79 Å². The van der Waals surface area contributed by atoms with Gasteiger partial charge in [-0.2, -0.15) is 0 Å². The Morgan fingerprint density at radius 1 is 1.25 bits per heavy atom. The average molecular weight is 225 g/mol. The van der Waals surface area contributed by atoms with Gasteiger partial charge in [0.15, 0.2) is 0 Å². The molecule has 92 valence electrons. The predicted molar refractivity (Wildman–Crippen MR) is 63.3 cm³/mol. The van der Waals surface area contributed by atoms with Gasteiger partial charge < -0.3 is 10.1 Å². The zero-order valence-corrected chi connectivity index (χ0v) is 10.5. The maximum absolute atomic E-state index is 12.1. The second-order valence-electron chi connectivity index (χ2n) is 5.73. The number of hydrogen-bond acceptors (Lipinski definition) is 3. The lowest BCUT2D eigenvalue weighted by atomic mass is 9.71. The summed E-state index contributed by atoms with van der Waals surface area (Å²) in [5.41, 5.74) is 0. The van der Waals surface area contributed by atoms with Gasteiger partial charge in [0.1, 0.15) is 5.78 Å². The van der Waals surface area contributed by atoms with Crippen LogP contribution < -0.4 is 5.32 Å². The van der Waals surface area contributed by atoms with Gasteiger partial charge >= 0.3 is 0 Å². The van der Waals surface area contributed by atoms with Gasteiger partial charge in [-0.3, -0.25) is 4.79 Å². The molecule has 2 fully saturated rings. The Hall–Kier alpha value is -0.410. The van der Waals surface area contributed by atoms with Gasteiger partial charge in [0.05, 0.1) is 13.2 Å². The van der Waals surface area contributed by atoms with Crippen molar-refractivity contribution in [3.05, 3.63) is 0 Å². The van der Waals surface area contributed by atoms with Crippen LogP contribution in [0.5, 0.6) is 0 Å². The van der Waals surface area contributed by atoms with E-state index >= 15 is 0 Å². The maximum Gasteiger partial charge on any atom is 0.138 e. The van der Waals surface area contributed by atoms with Crippen LogP contribution in [0.4, 0.5) is 0 Å². The summed E-state index contributed by atoms with van der Waals surface area (Å²) in [4.78, 5) is 12.1. The molecular formula is C13H23NO2. The van der Waals surface area contributed by atoms with Gasteiger partial charge in [-0.1, -0.05) is 13.8 Å². The number of Topliss-reactive ketones (excluding diaryl/α,β-unsaturated/α-hetero) is 1. The Morgan fingerprint density at radius 2 is 2.00 bits per heavy atom. The molecular weight excluding hydrogens is 202 g/mol. The monoisotopic (exact) mass is 225 g/mol. The standard InChI is InChI=1S/C13H23NO2/c1-8-4-9(2)13(12(15)5-8)11-7-16-6-10(3)14-11/h8-11,13-14H,4-7H2,1-3H3. The normalized spacial score (nSPS) is 45.7. The number of rotatable bonds is 1. The number of ketones is 1. The summed E-state index contributed by atoms with van der Waals surface area (Å²) in [7, 11) is 0. The molecule has 1 heterocycles. The molecule has 0 amide bonds. The summed E-state index contributed by atoms with van der Waals surface area (Å²) < 4.78 is 5.56. The number of carbonyl (C=O) groups excluding carboxylic acids is 1. The number of ether oxygens (including phenoxy) is 1. The minimum atomic E-state index is 0.166. The Labute approximate surface area is 97.9 Å². The van der Waals surface area contributed by atoms with E-state index in [-0.39, 0.29) is 12.0 Å². The first-order valence-corrected chi connectivity index (χ1v) is 6.44. The molecule has 2 rings (SSSR count). The summed E-state index contributed by atoms with van der Waals surface area (Å²) >= 11 is 0. The molecule has 1 aliphatic heterocycles. The third-order valence-electron chi connectivity index (χ3n) is 3.91. The van der Waals surface area contributed by atoms with Crippen molar-refractivity contribution in [2.75, 3.05) is 13.2 Å². The molecule has 5 atom stereocenters. The van der Waals surface area contributed by atoms with Crippen molar-refractivity contribution >= 4 is 5.78 Å². The minimum absolute atomic E-state index is 0.166. The number of hydrogen-bond donors (Lipinski definition) is 1. The highest BCUT2D eigenvalue weighted by Gasteiger charge is 2.39. The minimum Gasteiger partial charge on any atom is -0.378 e. The Morgan fingerprint density at radius 3 is 2.62 bits per heavy atom. The second kappa shape index (κ2) is 4.84. The van der Waals surface area contributed by atoms with Crippen LogP contribution in [0.15, 0.2) is 0 Å². The molecule has 1 aliphatic carbocycles. The third-order valence-corrected chi connectivity index (χ3v) is 3.91. The highest BCUT2D eigenvalue weighted by Crippen LogP contribution is 2.33. The molecule has 16 heavy (non-hydrogen) atoms. The molecule has 5 unspecified atom stereocenters. The highest BCUT2D eigenvalue weighted by molar-refractivity contribution is 5.83. The van der Waals surface area contributed by atoms with Gasteiger partial charge in [-0.15, -0.1) is 0 Å². The van der Waals surface area contributed by atoms with Gasteiger partial charge in [0.25, 0.3) is 0 Å². The van der Waals surface area contributed by atoms with Crippen molar-refractivity contribution in [2.24, 2.45) is 17.8 Å². The molecule has 3 nitrogen and oxygen atoms in total. The summed E-state index contributed by atoms with van der Waals surface area (Å²) in [6.45, 7) is 7.96. The summed E-state index contributed by atoms with van der Waals surface area (Å²) in [6.07, 6.45) is 1.92. The lowest BCUT2D eigenvalue weighted by Gasteiger charge is -2.40. The van der Waals surface area contributed by atoms with E-state index in [1.165, 1.54) is 6.42 Å². The molecule has 1 N–H and O–H groups in total. The third kappa shape index (κ3) is 2.46. The molecule has 1 saturated heterocycles. The van der Waals surface area contributed by atoms with Gasteiger partial charge in [0, 0.05) is 24.4 Å². The lowest BCUT2D eigenvalue weighted by Crippen LogP contribution is -2.55. The fraction of sp³-hybridized carbons (Fsp3) is 0.923.